The van der Waals surface area contributed by atoms with Gasteiger partial charge in [0.05, 0.1) is 6.42 Å². The molecular weight excluding hydrogens is 343 g/mol. The first-order chi connectivity index (χ1) is 10.4. The van der Waals surface area contributed by atoms with Gasteiger partial charge in [0.25, 0.3) is 0 Å². The standard InChI is InChI=1S/C16H21Cl3N2O/c17-16(18,19)15(20-13-9-5-2-6-10-13)21-14(22)11-12-7-3-1-4-8-12/h1,3-4,7-8,13,15,20H,2,5-6,9-11H2,(H,21,22). The molecule has 0 aliphatic heterocycles. The lowest BCUT2D eigenvalue weighted by Gasteiger charge is -2.32. The van der Waals surface area contributed by atoms with Crippen molar-refractivity contribution in [2.24, 2.45) is 0 Å². The Morgan fingerprint density at radius 1 is 1.14 bits per heavy atom. The van der Waals surface area contributed by atoms with Crippen molar-refractivity contribution < 1.29 is 4.79 Å². The van der Waals surface area contributed by atoms with E-state index in [4.69, 9.17) is 34.8 Å². The lowest BCUT2D eigenvalue weighted by molar-refractivity contribution is -0.121. The van der Waals surface area contributed by atoms with Crippen LogP contribution in [-0.4, -0.2) is 21.9 Å². The predicted octanol–water partition coefficient (Wildman–Crippen LogP) is 3.96. The fourth-order valence-electron chi connectivity index (χ4n) is 2.72. The summed E-state index contributed by atoms with van der Waals surface area (Å²) in [6.07, 6.45) is 5.26. The molecule has 1 aliphatic rings. The van der Waals surface area contributed by atoms with E-state index in [0.717, 1.165) is 18.4 Å². The van der Waals surface area contributed by atoms with Gasteiger partial charge in [-0.2, -0.15) is 0 Å². The van der Waals surface area contributed by atoms with Gasteiger partial charge in [0, 0.05) is 6.04 Å². The monoisotopic (exact) mass is 362 g/mol. The van der Waals surface area contributed by atoms with E-state index in [0.29, 0.717) is 0 Å². The number of nitrogens with one attached hydrogen (secondary N) is 2. The van der Waals surface area contributed by atoms with Crippen molar-refractivity contribution in [2.75, 3.05) is 0 Å². The molecule has 1 fully saturated rings. The van der Waals surface area contributed by atoms with Gasteiger partial charge in [0.1, 0.15) is 6.17 Å². The van der Waals surface area contributed by atoms with Gasteiger partial charge in [-0.3, -0.25) is 10.1 Å². The number of amides is 1. The van der Waals surface area contributed by atoms with Crippen LogP contribution < -0.4 is 10.6 Å². The van der Waals surface area contributed by atoms with E-state index < -0.39 is 9.96 Å². The van der Waals surface area contributed by atoms with Crippen LogP contribution in [0, 0.1) is 0 Å². The molecule has 6 heteroatoms. The van der Waals surface area contributed by atoms with Crippen molar-refractivity contribution in [1.82, 2.24) is 10.6 Å². The molecule has 1 saturated carbocycles. The lowest BCUT2D eigenvalue weighted by atomic mass is 9.95. The van der Waals surface area contributed by atoms with Gasteiger partial charge in [-0.05, 0) is 18.4 Å². The molecule has 0 aromatic heterocycles. The molecule has 1 aromatic rings. The van der Waals surface area contributed by atoms with E-state index >= 15 is 0 Å². The first-order valence-corrected chi connectivity index (χ1v) is 8.74. The molecule has 0 radical (unpaired) electrons. The van der Waals surface area contributed by atoms with E-state index in [1.165, 1.54) is 19.3 Å². The Morgan fingerprint density at radius 2 is 1.77 bits per heavy atom. The summed E-state index contributed by atoms with van der Waals surface area (Å²) in [6.45, 7) is 0. The highest BCUT2D eigenvalue weighted by molar-refractivity contribution is 6.68. The summed E-state index contributed by atoms with van der Waals surface area (Å²) >= 11 is 18.1. The first kappa shape index (κ1) is 17.9. The van der Waals surface area contributed by atoms with Gasteiger partial charge in [-0.15, -0.1) is 0 Å². The maximum absolute atomic E-state index is 12.2. The second kappa shape index (κ2) is 8.39. The van der Waals surface area contributed by atoms with E-state index in [1.807, 2.05) is 30.3 Å². The zero-order valence-corrected chi connectivity index (χ0v) is 14.6. The van der Waals surface area contributed by atoms with E-state index in [9.17, 15) is 4.79 Å². The fourth-order valence-corrected chi connectivity index (χ4v) is 3.07. The number of carbonyl (C=O) groups is 1. The third kappa shape index (κ3) is 5.96. The number of hydrogen-bond acceptors (Lipinski definition) is 2. The highest BCUT2D eigenvalue weighted by Gasteiger charge is 2.35. The third-order valence-corrected chi connectivity index (χ3v) is 4.50. The second-order valence-corrected chi connectivity index (χ2v) is 8.08. The zero-order chi connectivity index (χ0) is 16.0. The van der Waals surface area contributed by atoms with Crippen molar-refractivity contribution >= 4 is 40.7 Å². The minimum Gasteiger partial charge on any atom is -0.336 e. The smallest absolute Gasteiger partial charge is 0.225 e. The molecule has 1 atom stereocenters. The maximum atomic E-state index is 12.2. The highest BCUT2D eigenvalue weighted by atomic mass is 35.6. The zero-order valence-electron chi connectivity index (χ0n) is 12.3. The molecule has 2 rings (SSSR count). The minimum atomic E-state index is -1.58. The summed E-state index contributed by atoms with van der Waals surface area (Å²) in [4.78, 5) is 12.2. The Morgan fingerprint density at radius 3 is 2.36 bits per heavy atom. The van der Waals surface area contributed by atoms with Crippen LogP contribution in [0.3, 0.4) is 0 Å². The van der Waals surface area contributed by atoms with Crippen molar-refractivity contribution in [3.05, 3.63) is 35.9 Å². The molecule has 0 spiro atoms. The van der Waals surface area contributed by atoms with E-state index in [2.05, 4.69) is 10.6 Å². The highest BCUT2D eigenvalue weighted by Crippen LogP contribution is 2.30. The van der Waals surface area contributed by atoms with Crippen molar-refractivity contribution in [2.45, 2.75) is 54.5 Å². The molecule has 122 valence electrons. The van der Waals surface area contributed by atoms with Gasteiger partial charge in [0.2, 0.25) is 9.70 Å². The van der Waals surface area contributed by atoms with Crippen LogP contribution in [0.15, 0.2) is 30.3 Å². The quantitative estimate of drug-likeness (QED) is 0.614. The molecule has 22 heavy (non-hydrogen) atoms. The third-order valence-electron chi connectivity index (χ3n) is 3.85. The van der Waals surface area contributed by atoms with Crippen LogP contribution in [0.1, 0.15) is 37.7 Å². The summed E-state index contributed by atoms with van der Waals surface area (Å²) < 4.78 is -1.58. The Balaban J connectivity index is 1.92. The summed E-state index contributed by atoms with van der Waals surface area (Å²) in [6, 6.07) is 9.80. The number of alkyl halides is 3. The lowest BCUT2D eigenvalue weighted by Crippen LogP contribution is -2.57. The normalized spacial score (nSPS) is 18.0. The van der Waals surface area contributed by atoms with Crippen molar-refractivity contribution in [1.29, 1.82) is 0 Å². The number of hydrogen-bond donors (Lipinski definition) is 2. The van der Waals surface area contributed by atoms with E-state index in [-0.39, 0.29) is 18.4 Å². The Bertz CT molecular complexity index is 470. The maximum Gasteiger partial charge on any atom is 0.225 e. The van der Waals surface area contributed by atoms with Gasteiger partial charge < -0.3 is 5.32 Å². The fraction of sp³-hybridized carbons (Fsp3) is 0.562. The second-order valence-electron chi connectivity index (χ2n) is 5.71. The average Bonchev–Trinajstić information content (AvgIpc) is 2.48. The SMILES string of the molecule is O=C(Cc1ccccc1)NC(NC1CCCCC1)C(Cl)(Cl)Cl. The summed E-state index contributed by atoms with van der Waals surface area (Å²) in [5, 5.41) is 6.09. The van der Waals surface area contributed by atoms with Crippen LogP contribution in [0.5, 0.6) is 0 Å². The largest absolute Gasteiger partial charge is 0.336 e. The van der Waals surface area contributed by atoms with Crippen molar-refractivity contribution in [3.63, 3.8) is 0 Å². The average molecular weight is 364 g/mol. The van der Waals surface area contributed by atoms with Crippen molar-refractivity contribution in [3.8, 4) is 0 Å². The molecule has 3 nitrogen and oxygen atoms in total. The molecule has 1 aromatic carbocycles. The van der Waals surface area contributed by atoms with Crippen LogP contribution in [0.2, 0.25) is 0 Å². The number of benzene rings is 1. The van der Waals surface area contributed by atoms with Crippen LogP contribution in [0.25, 0.3) is 0 Å². The van der Waals surface area contributed by atoms with Gasteiger partial charge in [-0.1, -0.05) is 84.4 Å². The van der Waals surface area contributed by atoms with E-state index in [1.54, 1.807) is 0 Å². The Labute approximate surface area is 146 Å². The molecule has 1 unspecified atom stereocenters. The number of halogens is 3. The predicted molar refractivity (Wildman–Crippen MR) is 92.4 cm³/mol. The van der Waals surface area contributed by atoms with Gasteiger partial charge >= 0.3 is 0 Å². The molecular formula is C16H21Cl3N2O. The minimum absolute atomic E-state index is 0.161. The van der Waals surface area contributed by atoms with Gasteiger partial charge in [-0.25, -0.2) is 0 Å². The molecule has 1 amide bonds. The molecule has 0 heterocycles. The first-order valence-electron chi connectivity index (χ1n) is 7.61. The Kier molecular flexibility index (Phi) is 6.82. The molecule has 0 bridgehead atoms. The molecule has 0 saturated heterocycles. The van der Waals surface area contributed by atoms with Crippen LogP contribution in [0.4, 0.5) is 0 Å². The summed E-state index contributed by atoms with van der Waals surface area (Å²) in [5.41, 5.74) is 0.931. The molecule has 2 N–H and O–H groups in total. The summed E-state index contributed by atoms with van der Waals surface area (Å²) in [7, 11) is 0. The molecule has 1 aliphatic carbocycles. The topological polar surface area (TPSA) is 41.1 Å². The van der Waals surface area contributed by atoms with Crippen LogP contribution >= 0.6 is 34.8 Å². The number of rotatable bonds is 5. The number of carbonyl (C=O) groups excluding carboxylic acids is 1. The van der Waals surface area contributed by atoms with Gasteiger partial charge in [0.15, 0.2) is 0 Å². The van der Waals surface area contributed by atoms with Crippen LogP contribution in [-0.2, 0) is 11.2 Å². The Hall–Kier alpha value is -0.480. The summed E-state index contributed by atoms with van der Waals surface area (Å²) in [5.74, 6) is -0.161.